The monoisotopic (exact) mass is 397 g/mol. The number of anilines is 1. The lowest BCUT2D eigenvalue weighted by atomic mass is 9.86. The molecule has 4 rings (SSSR count). The molecular weight excluding hydrogens is 370 g/mol. The van der Waals surface area contributed by atoms with Crippen LogP contribution in [0.3, 0.4) is 0 Å². The number of hydrogen-bond donors (Lipinski definition) is 3. The van der Waals surface area contributed by atoms with Gasteiger partial charge in [-0.3, -0.25) is 14.6 Å². The van der Waals surface area contributed by atoms with Gasteiger partial charge >= 0.3 is 0 Å². The quantitative estimate of drug-likeness (QED) is 0.651. The van der Waals surface area contributed by atoms with Crippen LogP contribution in [0.2, 0.25) is 0 Å². The smallest absolute Gasteiger partial charge is 0.252 e. The largest absolute Gasteiger partial charge is 0.497 e. The van der Waals surface area contributed by atoms with Gasteiger partial charge in [-0.05, 0) is 24.1 Å². The second kappa shape index (κ2) is 8.65. The van der Waals surface area contributed by atoms with Crippen LogP contribution in [0.5, 0.6) is 5.75 Å². The first kappa shape index (κ1) is 19.4. The lowest BCUT2D eigenvalue weighted by molar-refractivity contribution is -0.127. The van der Waals surface area contributed by atoms with Gasteiger partial charge in [0.15, 0.2) is 0 Å². The van der Waals surface area contributed by atoms with Gasteiger partial charge in [-0.25, -0.2) is 4.98 Å². The van der Waals surface area contributed by atoms with E-state index in [0.717, 1.165) is 37.5 Å². The maximum Gasteiger partial charge on any atom is 0.252 e. The number of hydrogen-bond acceptors (Lipinski definition) is 6. The predicted molar refractivity (Wildman–Crippen MR) is 111 cm³/mol. The van der Waals surface area contributed by atoms with Crippen LogP contribution in [-0.4, -0.2) is 60.6 Å². The van der Waals surface area contributed by atoms with Crippen molar-refractivity contribution in [2.24, 2.45) is 0 Å². The minimum atomic E-state index is -0.175. The summed E-state index contributed by atoms with van der Waals surface area (Å²) in [6, 6.07) is 9.64. The Bertz CT molecular complexity index is 929. The number of nitrogens with one attached hydrogen (secondary N) is 3. The molecule has 2 atom stereocenters. The third-order valence-electron chi connectivity index (χ3n) is 5.72. The van der Waals surface area contributed by atoms with E-state index in [1.165, 1.54) is 5.56 Å². The molecule has 154 valence electrons. The summed E-state index contributed by atoms with van der Waals surface area (Å²) < 4.78 is 5.36. The highest BCUT2D eigenvalue weighted by molar-refractivity contribution is 5.78. The van der Waals surface area contributed by atoms with Crippen LogP contribution in [0.15, 0.2) is 35.1 Å². The van der Waals surface area contributed by atoms with Gasteiger partial charge in [-0.1, -0.05) is 12.1 Å². The van der Waals surface area contributed by atoms with E-state index in [1.54, 1.807) is 13.2 Å². The number of aromatic nitrogens is 2. The highest BCUT2D eigenvalue weighted by atomic mass is 16.5. The van der Waals surface area contributed by atoms with Gasteiger partial charge < -0.3 is 20.3 Å². The Morgan fingerprint density at radius 3 is 2.90 bits per heavy atom. The first-order valence-electron chi connectivity index (χ1n) is 10.1. The van der Waals surface area contributed by atoms with Gasteiger partial charge in [0.25, 0.3) is 5.56 Å². The third-order valence-corrected chi connectivity index (χ3v) is 5.72. The van der Waals surface area contributed by atoms with E-state index in [9.17, 15) is 9.59 Å². The first-order valence-corrected chi connectivity index (χ1v) is 10.1. The SMILES string of the molecule is COc1cccc([C@@H]2CNC[C@H]2c2cc(=O)[nH]c(NCCN3CCCC3=O)n2)c1. The fraction of sp³-hybridized carbons (Fsp3) is 0.476. The van der Waals surface area contributed by atoms with Crippen LogP contribution >= 0.6 is 0 Å². The van der Waals surface area contributed by atoms with Crippen LogP contribution < -0.4 is 20.9 Å². The van der Waals surface area contributed by atoms with Gasteiger partial charge in [0.05, 0.1) is 12.8 Å². The molecule has 2 aliphatic rings. The molecule has 3 heterocycles. The lowest BCUT2D eigenvalue weighted by Gasteiger charge is -2.20. The Hall–Kier alpha value is -2.87. The number of likely N-dealkylation sites (tertiary alicyclic amines) is 1. The van der Waals surface area contributed by atoms with Crippen molar-refractivity contribution in [3.8, 4) is 5.75 Å². The summed E-state index contributed by atoms with van der Waals surface area (Å²) in [6.07, 6.45) is 1.55. The van der Waals surface area contributed by atoms with Crippen molar-refractivity contribution in [2.45, 2.75) is 24.7 Å². The van der Waals surface area contributed by atoms with E-state index in [-0.39, 0.29) is 23.3 Å². The van der Waals surface area contributed by atoms with E-state index in [4.69, 9.17) is 4.74 Å². The van der Waals surface area contributed by atoms with Crippen LogP contribution in [0.25, 0.3) is 0 Å². The minimum absolute atomic E-state index is 0.102. The van der Waals surface area contributed by atoms with Crippen LogP contribution in [-0.2, 0) is 4.79 Å². The topological polar surface area (TPSA) is 99.3 Å². The Labute approximate surface area is 169 Å². The minimum Gasteiger partial charge on any atom is -0.497 e. The van der Waals surface area contributed by atoms with Crippen LogP contribution in [0.4, 0.5) is 5.95 Å². The summed E-state index contributed by atoms with van der Waals surface area (Å²) in [5.74, 6) is 1.79. The highest BCUT2D eigenvalue weighted by Crippen LogP contribution is 2.36. The number of benzene rings is 1. The first-order chi connectivity index (χ1) is 14.1. The van der Waals surface area contributed by atoms with Crippen molar-refractivity contribution in [2.75, 3.05) is 45.2 Å². The molecule has 0 aliphatic carbocycles. The van der Waals surface area contributed by atoms with Crippen LogP contribution in [0.1, 0.15) is 35.9 Å². The molecule has 29 heavy (non-hydrogen) atoms. The summed E-state index contributed by atoms with van der Waals surface area (Å²) in [7, 11) is 1.66. The standard InChI is InChI=1S/C21H27N5O3/c1-29-15-5-2-4-14(10-15)16-12-22-13-17(16)18-11-19(27)25-21(24-18)23-7-9-26-8-3-6-20(26)28/h2,4-5,10-11,16-17,22H,3,6-9,12-13H2,1H3,(H2,23,24,25,27)/t16-,17+/m0/s1. The number of ether oxygens (including phenoxy) is 1. The van der Waals surface area contributed by atoms with Crippen molar-refractivity contribution >= 4 is 11.9 Å². The molecule has 1 amide bonds. The van der Waals surface area contributed by atoms with Gasteiger partial charge in [0.1, 0.15) is 5.75 Å². The average molecular weight is 397 g/mol. The zero-order valence-corrected chi connectivity index (χ0v) is 16.6. The number of aromatic amines is 1. The summed E-state index contributed by atoms with van der Waals surface area (Å²) in [4.78, 5) is 33.2. The lowest BCUT2D eigenvalue weighted by Crippen LogP contribution is -2.30. The van der Waals surface area contributed by atoms with Crippen LogP contribution in [0, 0.1) is 0 Å². The molecule has 2 saturated heterocycles. The fourth-order valence-corrected chi connectivity index (χ4v) is 4.21. The zero-order valence-electron chi connectivity index (χ0n) is 16.6. The molecule has 0 spiro atoms. The van der Waals surface area contributed by atoms with E-state index < -0.39 is 0 Å². The van der Waals surface area contributed by atoms with Crippen molar-refractivity contribution in [3.05, 3.63) is 51.9 Å². The number of rotatable bonds is 7. The second-order valence-corrected chi connectivity index (χ2v) is 7.58. The fourth-order valence-electron chi connectivity index (χ4n) is 4.21. The molecule has 0 bridgehead atoms. The number of methoxy groups -OCH3 is 1. The van der Waals surface area contributed by atoms with E-state index in [0.29, 0.717) is 25.5 Å². The summed E-state index contributed by atoms with van der Waals surface area (Å²) in [6.45, 7) is 3.57. The molecule has 0 radical (unpaired) electrons. The maximum atomic E-state index is 12.2. The average Bonchev–Trinajstić information content (AvgIpc) is 3.37. The normalized spacial score (nSPS) is 21.6. The van der Waals surface area contributed by atoms with E-state index in [2.05, 4.69) is 26.7 Å². The van der Waals surface area contributed by atoms with Gasteiger partial charge in [0.2, 0.25) is 11.9 Å². The molecule has 1 aromatic carbocycles. The summed E-state index contributed by atoms with van der Waals surface area (Å²) in [5, 5.41) is 6.59. The summed E-state index contributed by atoms with van der Waals surface area (Å²) in [5.41, 5.74) is 1.76. The van der Waals surface area contributed by atoms with E-state index >= 15 is 0 Å². The molecule has 1 aromatic heterocycles. The van der Waals surface area contributed by atoms with Gasteiger partial charge in [-0.15, -0.1) is 0 Å². The van der Waals surface area contributed by atoms with Crippen molar-refractivity contribution in [1.82, 2.24) is 20.2 Å². The Morgan fingerprint density at radius 1 is 1.24 bits per heavy atom. The Balaban J connectivity index is 1.48. The van der Waals surface area contributed by atoms with Gasteiger partial charge in [-0.2, -0.15) is 0 Å². The predicted octanol–water partition coefficient (Wildman–Crippen LogP) is 1.28. The molecular formula is C21H27N5O3. The molecule has 0 unspecified atom stereocenters. The molecule has 8 nitrogen and oxygen atoms in total. The highest BCUT2D eigenvalue weighted by Gasteiger charge is 2.31. The number of amides is 1. The zero-order chi connectivity index (χ0) is 20.2. The maximum absolute atomic E-state index is 12.2. The second-order valence-electron chi connectivity index (χ2n) is 7.58. The molecule has 2 aliphatic heterocycles. The van der Waals surface area contributed by atoms with E-state index in [1.807, 2.05) is 23.1 Å². The number of H-pyrrole nitrogens is 1. The molecule has 2 fully saturated rings. The number of nitrogens with zero attached hydrogens (tertiary/aromatic N) is 2. The van der Waals surface area contributed by atoms with Crippen molar-refractivity contribution < 1.29 is 9.53 Å². The molecule has 3 N–H and O–H groups in total. The Morgan fingerprint density at radius 2 is 2.10 bits per heavy atom. The number of carbonyl (C=O) groups excluding carboxylic acids is 1. The Kier molecular flexibility index (Phi) is 5.80. The molecule has 2 aromatic rings. The van der Waals surface area contributed by atoms with Crippen molar-refractivity contribution in [3.63, 3.8) is 0 Å². The molecule has 0 saturated carbocycles. The van der Waals surface area contributed by atoms with Crippen molar-refractivity contribution in [1.29, 1.82) is 0 Å². The molecule has 8 heteroatoms. The number of carbonyl (C=O) groups is 1. The van der Waals surface area contributed by atoms with Gasteiger partial charge in [0, 0.05) is 57.0 Å². The third kappa shape index (κ3) is 4.42. The summed E-state index contributed by atoms with van der Waals surface area (Å²) >= 11 is 0.